The number of halogens is 3. The number of hydrogen-bond donors (Lipinski definition) is 2. The first-order valence-electron chi connectivity index (χ1n) is 11.4. The number of H-pyrrole nitrogens is 1. The lowest BCUT2D eigenvalue weighted by Gasteiger charge is -2.24. The zero-order valence-electron chi connectivity index (χ0n) is 19.3. The molecule has 1 saturated carbocycles. The van der Waals surface area contributed by atoms with Gasteiger partial charge in [0.25, 0.3) is 0 Å². The summed E-state index contributed by atoms with van der Waals surface area (Å²) < 4.78 is 21.1. The van der Waals surface area contributed by atoms with E-state index in [0.29, 0.717) is 62.9 Å². The van der Waals surface area contributed by atoms with Gasteiger partial charge in [-0.3, -0.25) is 19.9 Å². The largest absolute Gasteiger partial charge is 0.486 e. The molecule has 1 atom stereocenters. The van der Waals surface area contributed by atoms with Gasteiger partial charge in [-0.25, -0.2) is 4.39 Å². The number of rotatable bonds is 8. The molecule has 0 amide bonds. The molecule has 0 saturated heterocycles. The minimum Gasteiger partial charge on any atom is -0.486 e. The topological polar surface area (TPSA) is 92.8 Å². The molecule has 5 rings (SSSR count). The van der Waals surface area contributed by atoms with E-state index >= 15 is 4.39 Å². The van der Waals surface area contributed by atoms with Gasteiger partial charge < -0.3 is 10.1 Å². The summed E-state index contributed by atoms with van der Waals surface area (Å²) in [5.74, 6) is 0.374. The van der Waals surface area contributed by atoms with Gasteiger partial charge in [0.15, 0.2) is 0 Å². The van der Waals surface area contributed by atoms with Gasteiger partial charge in [0, 0.05) is 66.6 Å². The molecule has 36 heavy (non-hydrogen) atoms. The lowest BCUT2D eigenvalue weighted by Crippen LogP contribution is -2.41. The summed E-state index contributed by atoms with van der Waals surface area (Å²) in [7, 11) is 0. The van der Waals surface area contributed by atoms with E-state index in [1.54, 1.807) is 30.3 Å². The second-order valence-electron chi connectivity index (χ2n) is 8.65. The molecule has 3 heterocycles. The summed E-state index contributed by atoms with van der Waals surface area (Å²) >= 11 is 12.5. The second kappa shape index (κ2) is 10.3. The highest BCUT2D eigenvalue weighted by molar-refractivity contribution is 6.35. The van der Waals surface area contributed by atoms with Crippen LogP contribution in [0.25, 0.3) is 22.8 Å². The maximum atomic E-state index is 15.1. The number of aromatic amines is 1. The molecule has 1 aromatic carbocycles. The molecule has 1 aliphatic carbocycles. The normalized spacial score (nSPS) is 15.2. The molecule has 1 aliphatic rings. The number of Topliss-reactive ketones (excluding diaryl/α,β-unsaturated/α-hetero) is 1. The van der Waals surface area contributed by atoms with Crippen LogP contribution in [-0.4, -0.2) is 32.0 Å². The number of benzene rings is 1. The number of aromatic nitrogens is 4. The molecule has 7 nitrogen and oxygen atoms in total. The number of nitrogens with zero attached hydrogens (tertiary/aromatic N) is 3. The van der Waals surface area contributed by atoms with Crippen molar-refractivity contribution in [2.45, 2.75) is 38.5 Å². The number of fused-ring (bicyclic) bond motifs is 1. The van der Waals surface area contributed by atoms with Gasteiger partial charge in [0.1, 0.15) is 23.5 Å². The van der Waals surface area contributed by atoms with E-state index in [0.717, 1.165) is 5.69 Å². The minimum atomic E-state index is -0.452. The maximum absolute atomic E-state index is 15.1. The smallest absolute Gasteiger partial charge is 0.136 e. The molecule has 2 N–H and O–H groups in total. The third kappa shape index (κ3) is 5.26. The molecule has 0 unspecified atom stereocenters. The molecule has 3 aromatic heterocycles. The van der Waals surface area contributed by atoms with Crippen LogP contribution in [0.1, 0.15) is 48.4 Å². The van der Waals surface area contributed by atoms with Crippen LogP contribution >= 0.6 is 23.2 Å². The third-order valence-electron chi connectivity index (χ3n) is 6.06. The summed E-state index contributed by atoms with van der Waals surface area (Å²) in [5, 5.41) is 11.9. The first-order chi connectivity index (χ1) is 17.4. The van der Waals surface area contributed by atoms with Crippen LogP contribution in [0.5, 0.6) is 5.75 Å². The van der Waals surface area contributed by atoms with E-state index in [1.807, 2.05) is 6.92 Å². The molecular weight excluding hydrogens is 504 g/mol. The lowest BCUT2D eigenvalue weighted by atomic mass is 9.91. The van der Waals surface area contributed by atoms with Crippen molar-refractivity contribution in [2.75, 3.05) is 0 Å². The van der Waals surface area contributed by atoms with Crippen LogP contribution < -0.4 is 10.1 Å². The molecular formula is C26H22Cl2FN5O2. The van der Waals surface area contributed by atoms with Crippen molar-refractivity contribution in [1.82, 2.24) is 25.5 Å². The number of ether oxygens (including phenoxy) is 1. The Kier molecular flexibility index (Phi) is 7.00. The Balaban J connectivity index is 1.31. The number of nitrogens with one attached hydrogen (secondary N) is 2. The van der Waals surface area contributed by atoms with Crippen molar-refractivity contribution >= 4 is 51.8 Å². The van der Waals surface area contributed by atoms with Crippen LogP contribution in [0, 0.1) is 0 Å². The second-order valence-corrected chi connectivity index (χ2v) is 9.46. The van der Waals surface area contributed by atoms with Crippen LogP contribution in [-0.2, 0) is 11.3 Å². The van der Waals surface area contributed by atoms with E-state index in [2.05, 4.69) is 25.5 Å². The van der Waals surface area contributed by atoms with E-state index in [1.165, 1.54) is 24.7 Å². The first kappa shape index (κ1) is 24.4. The Morgan fingerprint density at radius 1 is 1.22 bits per heavy atom. The average molecular weight is 526 g/mol. The van der Waals surface area contributed by atoms with E-state index in [9.17, 15) is 4.79 Å². The summed E-state index contributed by atoms with van der Waals surface area (Å²) in [4.78, 5) is 19.4. The van der Waals surface area contributed by atoms with Crippen molar-refractivity contribution in [3.63, 3.8) is 0 Å². The monoisotopic (exact) mass is 525 g/mol. The highest BCUT2D eigenvalue weighted by Gasteiger charge is 2.25. The zero-order valence-corrected chi connectivity index (χ0v) is 20.8. The Bertz CT molecular complexity index is 1430. The lowest BCUT2D eigenvalue weighted by molar-refractivity contribution is -0.125. The molecule has 0 aliphatic heterocycles. The van der Waals surface area contributed by atoms with Gasteiger partial charge >= 0.3 is 0 Å². The number of ketones is 1. The summed E-state index contributed by atoms with van der Waals surface area (Å²) in [5.41, 5.74) is 2.94. The van der Waals surface area contributed by atoms with Crippen molar-refractivity contribution in [2.24, 2.45) is 0 Å². The zero-order chi connectivity index (χ0) is 25.2. The van der Waals surface area contributed by atoms with Gasteiger partial charge in [-0.1, -0.05) is 23.2 Å². The number of pyridine rings is 2. The summed E-state index contributed by atoms with van der Waals surface area (Å²) in [6.07, 6.45) is 6.59. The van der Waals surface area contributed by atoms with Gasteiger partial charge in [0.05, 0.1) is 26.9 Å². The maximum Gasteiger partial charge on any atom is 0.136 e. The highest BCUT2D eigenvalue weighted by atomic mass is 35.5. The molecule has 1 fully saturated rings. The van der Waals surface area contributed by atoms with Crippen LogP contribution in [0.4, 0.5) is 4.39 Å². The number of hydrogen-bond acceptors (Lipinski definition) is 6. The summed E-state index contributed by atoms with van der Waals surface area (Å²) in [6, 6.07) is 9.01. The number of carbonyl (C=O) groups excluding carboxylic acids is 1. The van der Waals surface area contributed by atoms with E-state index in [-0.39, 0.29) is 11.8 Å². The quantitative estimate of drug-likeness (QED) is 0.289. The Hall–Kier alpha value is -3.33. The minimum absolute atomic E-state index is 0.208. The fourth-order valence-electron chi connectivity index (χ4n) is 4.03. The molecule has 10 heteroatoms. The van der Waals surface area contributed by atoms with E-state index in [4.69, 9.17) is 27.9 Å². The standard InChI is InChI=1S/C26H22Cl2FN5O2/c1-14(26-21(27)12-30-13-22(26)28)36-19-4-5-24-20(8-19)25(34-33-24)9-23(29)15-2-3-16(31-10-15)11-32-17-6-18(35)7-17/h2-5,8-10,12-14,17,32H,6-7,11H2,1H3,(H,33,34)/b23-9-/t14-/m1/s1. The Morgan fingerprint density at radius 2 is 2.00 bits per heavy atom. The molecule has 4 aromatic rings. The highest BCUT2D eigenvalue weighted by Crippen LogP contribution is 2.34. The van der Waals surface area contributed by atoms with Gasteiger partial charge in [0.2, 0.25) is 0 Å². The van der Waals surface area contributed by atoms with Crippen molar-refractivity contribution in [3.8, 4) is 5.75 Å². The third-order valence-corrected chi connectivity index (χ3v) is 6.66. The van der Waals surface area contributed by atoms with E-state index < -0.39 is 11.9 Å². The summed E-state index contributed by atoms with van der Waals surface area (Å²) in [6.45, 7) is 2.37. The Morgan fingerprint density at radius 3 is 2.69 bits per heavy atom. The van der Waals surface area contributed by atoms with Crippen molar-refractivity contribution in [3.05, 3.63) is 81.5 Å². The van der Waals surface area contributed by atoms with Crippen molar-refractivity contribution < 1.29 is 13.9 Å². The van der Waals surface area contributed by atoms with Gasteiger partial charge in [-0.05, 0) is 37.3 Å². The van der Waals surface area contributed by atoms with Crippen LogP contribution in [0.2, 0.25) is 10.0 Å². The molecule has 0 radical (unpaired) electrons. The first-order valence-corrected chi connectivity index (χ1v) is 12.1. The SMILES string of the molecule is C[C@@H](Oc1ccc2n[nH]c(/C=C(\F)c3ccc(CNC4CC(=O)C4)nc3)c2c1)c1c(Cl)cncc1Cl. The molecule has 0 bridgehead atoms. The van der Waals surface area contributed by atoms with Crippen molar-refractivity contribution in [1.29, 1.82) is 0 Å². The average Bonchev–Trinajstić information content (AvgIpc) is 3.23. The molecule has 0 spiro atoms. The fourth-order valence-corrected chi connectivity index (χ4v) is 4.70. The number of carbonyl (C=O) groups is 1. The predicted octanol–water partition coefficient (Wildman–Crippen LogP) is 6.09. The van der Waals surface area contributed by atoms with Crippen LogP contribution in [0.15, 0.2) is 48.9 Å². The molecule has 184 valence electrons. The fraction of sp³-hybridized carbons (Fsp3) is 0.231. The van der Waals surface area contributed by atoms with Crippen LogP contribution in [0.3, 0.4) is 0 Å². The predicted molar refractivity (Wildman–Crippen MR) is 137 cm³/mol. The van der Waals surface area contributed by atoms with Gasteiger partial charge in [-0.2, -0.15) is 5.10 Å². The van der Waals surface area contributed by atoms with Gasteiger partial charge in [-0.15, -0.1) is 0 Å². The Labute approximate surface area is 216 Å².